The summed E-state index contributed by atoms with van der Waals surface area (Å²) in [6.45, 7) is 0. The molecule has 3 rings (SSSR count). The van der Waals surface area contributed by atoms with Crippen molar-refractivity contribution in [3.8, 4) is 11.1 Å². The molecule has 0 aromatic carbocycles. The van der Waals surface area contributed by atoms with Crippen molar-refractivity contribution in [3.05, 3.63) is 48.0 Å². The van der Waals surface area contributed by atoms with Gasteiger partial charge in [-0.2, -0.15) is 0 Å². The third kappa shape index (κ3) is 0.886. The van der Waals surface area contributed by atoms with Crippen LogP contribution >= 0.6 is 0 Å². The molecule has 0 spiro atoms. The third-order valence-corrected chi connectivity index (χ3v) is 2.49. The van der Waals surface area contributed by atoms with Gasteiger partial charge in [0.05, 0.1) is 0 Å². The van der Waals surface area contributed by atoms with Gasteiger partial charge in [0, 0.05) is 36.8 Å². The van der Waals surface area contributed by atoms with E-state index in [-0.39, 0.29) is 0 Å². The lowest BCUT2D eigenvalue weighted by Crippen LogP contribution is -1.80. The summed E-state index contributed by atoms with van der Waals surface area (Å²) >= 11 is 0. The Kier molecular flexibility index (Phi) is 1.25. The molecular formula is C11H8N2. The van der Waals surface area contributed by atoms with Crippen LogP contribution in [-0.4, -0.2) is 9.97 Å². The van der Waals surface area contributed by atoms with E-state index in [9.17, 15) is 0 Å². The second-order valence-electron chi connectivity index (χ2n) is 3.24. The molecular weight excluding hydrogens is 160 g/mol. The highest BCUT2D eigenvalue weighted by Gasteiger charge is 2.17. The fraction of sp³-hybridized carbons (Fsp3) is 0.0909. The molecule has 2 heterocycles. The number of hydrogen-bond donors (Lipinski definition) is 0. The highest BCUT2D eigenvalue weighted by atomic mass is 14.6. The van der Waals surface area contributed by atoms with Crippen molar-refractivity contribution in [2.45, 2.75) is 6.42 Å². The van der Waals surface area contributed by atoms with E-state index < -0.39 is 0 Å². The molecule has 0 atom stereocenters. The zero-order chi connectivity index (χ0) is 8.67. The van der Waals surface area contributed by atoms with E-state index in [0.29, 0.717) is 0 Å². The first-order valence-electron chi connectivity index (χ1n) is 4.31. The molecule has 2 aromatic heterocycles. The van der Waals surface area contributed by atoms with Crippen molar-refractivity contribution in [3.63, 3.8) is 0 Å². The maximum atomic E-state index is 4.13. The second-order valence-corrected chi connectivity index (χ2v) is 3.24. The average molecular weight is 168 g/mol. The first-order valence-corrected chi connectivity index (χ1v) is 4.31. The van der Waals surface area contributed by atoms with E-state index in [2.05, 4.69) is 22.1 Å². The molecule has 0 saturated carbocycles. The number of pyridine rings is 2. The largest absolute Gasteiger partial charge is 0.264 e. The van der Waals surface area contributed by atoms with Crippen molar-refractivity contribution in [2.24, 2.45) is 0 Å². The Morgan fingerprint density at radius 1 is 0.846 bits per heavy atom. The normalized spacial score (nSPS) is 12.3. The maximum absolute atomic E-state index is 4.13. The van der Waals surface area contributed by atoms with Crippen molar-refractivity contribution < 1.29 is 0 Å². The molecule has 0 fully saturated rings. The predicted molar refractivity (Wildman–Crippen MR) is 50.3 cm³/mol. The molecule has 2 heteroatoms. The second kappa shape index (κ2) is 2.39. The Bertz CT molecular complexity index is 420. The van der Waals surface area contributed by atoms with Gasteiger partial charge in [-0.1, -0.05) is 0 Å². The Balaban J connectivity index is 2.32. The van der Waals surface area contributed by atoms with E-state index >= 15 is 0 Å². The number of aromatic nitrogens is 2. The molecule has 13 heavy (non-hydrogen) atoms. The summed E-state index contributed by atoms with van der Waals surface area (Å²) in [5.41, 5.74) is 5.22. The molecule has 2 aromatic rings. The zero-order valence-corrected chi connectivity index (χ0v) is 7.07. The van der Waals surface area contributed by atoms with Gasteiger partial charge in [-0.05, 0) is 28.8 Å². The van der Waals surface area contributed by atoms with Gasteiger partial charge in [-0.3, -0.25) is 9.97 Å². The van der Waals surface area contributed by atoms with Crippen molar-refractivity contribution >= 4 is 0 Å². The fourth-order valence-electron chi connectivity index (χ4n) is 1.86. The van der Waals surface area contributed by atoms with E-state index in [0.717, 1.165) is 6.42 Å². The topological polar surface area (TPSA) is 25.8 Å². The smallest absolute Gasteiger partial charge is 0.0349 e. The van der Waals surface area contributed by atoms with Crippen LogP contribution in [0.3, 0.4) is 0 Å². The first kappa shape index (κ1) is 6.78. The quantitative estimate of drug-likeness (QED) is 0.513. The summed E-state index contributed by atoms with van der Waals surface area (Å²) < 4.78 is 0. The number of rotatable bonds is 0. The Morgan fingerprint density at radius 3 is 2.69 bits per heavy atom. The van der Waals surface area contributed by atoms with Crippen LogP contribution in [0.25, 0.3) is 11.1 Å². The van der Waals surface area contributed by atoms with Crippen LogP contribution in [0.15, 0.2) is 36.9 Å². The maximum Gasteiger partial charge on any atom is 0.0349 e. The summed E-state index contributed by atoms with van der Waals surface area (Å²) in [5.74, 6) is 0. The molecule has 2 nitrogen and oxygen atoms in total. The summed E-state index contributed by atoms with van der Waals surface area (Å²) in [6.07, 6.45) is 8.55. The zero-order valence-electron chi connectivity index (χ0n) is 7.07. The highest BCUT2D eigenvalue weighted by Crippen LogP contribution is 2.34. The van der Waals surface area contributed by atoms with Crippen molar-refractivity contribution in [1.82, 2.24) is 9.97 Å². The van der Waals surface area contributed by atoms with Crippen molar-refractivity contribution in [2.75, 3.05) is 0 Å². The van der Waals surface area contributed by atoms with Gasteiger partial charge >= 0.3 is 0 Å². The molecule has 0 unspecified atom stereocenters. The lowest BCUT2D eigenvalue weighted by Gasteiger charge is -1.96. The standard InChI is InChI=1S/C11H8N2/c1-3-13-7-11-8(1)5-9-6-12-4-2-10(9)11/h1-4,6-7H,5H2. The Hall–Kier alpha value is -1.70. The van der Waals surface area contributed by atoms with E-state index in [1.807, 2.05) is 24.8 Å². The van der Waals surface area contributed by atoms with E-state index in [1.165, 1.54) is 22.3 Å². The monoisotopic (exact) mass is 168 g/mol. The van der Waals surface area contributed by atoms with Crippen LogP contribution in [-0.2, 0) is 6.42 Å². The molecule has 62 valence electrons. The average Bonchev–Trinajstić information content (AvgIpc) is 2.56. The van der Waals surface area contributed by atoms with Gasteiger partial charge in [-0.15, -0.1) is 0 Å². The highest BCUT2D eigenvalue weighted by molar-refractivity contribution is 5.75. The molecule has 1 aliphatic carbocycles. The van der Waals surface area contributed by atoms with Gasteiger partial charge < -0.3 is 0 Å². The van der Waals surface area contributed by atoms with Crippen LogP contribution in [0, 0.1) is 0 Å². The molecule has 1 aliphatic rings. The van der Waals surface area contributed by atoms with Crippen molar-refractivity contribution in [1.29, 1.82) is 0 Å². The summed E-state index contributed by atoms with van der Waals surface area (Å²) in [5, 5.41) is 0. The minimum absolute atomic E-state index is 1.00. The number of nitrogens with zero attached hydrogens (tertiary/aromatic N) is 2. The minimum atomic E-state index is 1.00. The summed E-state index contributed by atoms with van der Waals surface area (Å²) in [6, 6.07) is 4.14. The van der Waals surface area contributed by atoms with Crippen LogP contribution in [0.4, 0.5) is 0 Å². The SMILES string of the molecule is c1cc2c(cn1)Cc1ccncc1-2. The molecule has 0 radical (unpaired) electrons. The minimum Gasteiger partial charge on any atom is -0.264 e. The van der Waals surface area contributed by atoms with Crippen LogP contribution in [0.2, 0.25) is 0 Å². The lowest BCUT2D eigenvalue weighted by atomic mass is 10.1. The van der Waals surface area contributed by atoms with Gasteiger partial charge in [0.15, 0.2) is 0 Å². The molecule has 0 aliphatic heterocycles. The molecule has 0 N–H and O–H groups in total. The summed E-state index contributed by atoms with van der Waals surface area (Å²) in [4.78, 5) is 8.25. The fourth-order valence-corrected chi connectivity index (χ4v) is 1.86. The van der Waals surface area contributed by atoms with Gasteiger partial charge in [0.2, 0.25) is 0 Å². The summed E-state index contributed by atoms with van der Waals surface area (Å²) in [7, 11) is 0. The number of fused-ring (bicyclic) bond motifs is 3. The van der Waals surface area contributed by atoms with Gasteiger partial charge in [0.25, 0.3) is 0 Å². The molecule has 0 saturated heterocycles. The van der Waals surface area contributed by atoms with Crippen LogP contribution in [0.5, 0.6) is 0 Å². The third-order valence-electron chi connectivity index (χ3n) is 2.49. The Labute approximate surface area is 76.3 Å². The van der Waals surface area contributed by atoms with E-state index in [4.69, 9.17) is 0 Å². The lowest BCUT2D eigenvalue weighted by molar-refractivity contribution is 1.19. The predicted octanol–water partition coefficient (Wildman–Crippen LogP) is 2.05. The van der Waals surface area contributed by atoms with Gasteiger partial charge in [-0.25, -0.2) is 0 Å². The van der Waals surface area contributed by atoms with E-state index in [1.54, 1.807) is 0 Å². The Morgan fingerprint density at radius 2 is 1.69 bits per heavy atom. The van der Waals surface area contributed by atoms with Crippen LogP contribution in [0.1, 0.15) is 11.1 Å². The molecule has 0 bridgehead atoms. The van der Waals surface area contributed by atoms with Crippen LogP contribution < -0.4 is 0 Å². The first-order chi connectivity index (χ1) is 6.45. The number of hydrogen-bond acceptors (Lipinski definition) is 2. The van der Waals surface area contributed by atoms with Gasteiger partial charge in [0.1, 0.15) is 0 Å². The molecule has 0 amide bonds.